The molecule has 130 valence electrons. The Labute approximate surface area is 147 Å². The zero-order valence-electron chi connectivity index (χ0n) is 15.9. The molecular weight excluding hydrogens is 292 g/mol. The largest absolute Gasteiger partial charge is 0.264 e. The lowest BCUT2D eigenvalue weighted by atomic mass is 9.95. The van der Waals surface area contributed by atoms with E-state index in [0.29, 0.717) is 0 Å². The van der Waals surface area contributed by atoms with Crippen molar-refractivity contribution in [3.63, 3.8) is 0 Å². The van der Waals surface area contributed by atoms with Crippen LogP contribution < -0.4 is 0 Å². The molecule has 2 nitrogen and oxygen atoms in total. The van der Waals surface area contributed by atoms with Crippen LogP contribution in [0.15, 0.2) is 24.5 Å². The second-order valence-corrected chi connectivity index (χ2v) is 6.54. The molecular formula is C22H32N2. The summed E-state index contributed by atoms with van der Waals surface area (Å²) < 4.78 is 0. The zero-order valence-corrected chi connectivity index (χ0v) is 15.9. The van der Waals surface area contributed by atoms with Gasteiger partial charge in [-0.3, -0.25) is 9.97 Å². The molecule has 0 fully saturated rings. The van der Waals surface area contributed by atoms with E-state index in [0.717, 1.165) is 31.4 Å². The van der Waals surface area contributed by atoms with Gasteiger partial charge in [0.1, 0.15) is 0 Å². The third-order valence-corrected chi connectivity index (χ3v) is 4.78. The van der Waals surface area contributed by atoms with E-state index in [4.69, 9.17) is 4.98 Å². The van der Waals surface area contributed by atoms with Gasteiger partial charge in [-0.15, -0.1) is 0 Å². The first-order valence-corrected chi connectivity index (χ1v) is 9.69. The van der Waals surface area contributed by atoms with Gasteiger partial charge in [-0.05, 0) is 61.3 Å². The molecule has 2 heterocycles. The van der Waals surface area contributed by atoms with Gasteiger partial charge in [0.15, 0.2) is 0 Å². The molecule has 0 unspecified atom stereocenters. The average molecular weight is 325 g/mol. The summed E-state index contributed by atoms with van der Waals surface area (Å²) in [6.07, 6.45) is 13.3. The van der Waals surface area contributed by atoms with Crippen LogP contribution in [0.25, 0.3) is 11.3 Å². The van der Waals surface area contributed by atoms with Crippen LogP contribution in [0.3, 0.4) is 0 Å². The summed E-state index contributed by atoms with van der Waals surface area (Å²) in [4.78, 5) is 9.51. The lowest BCUT2D eigenvalue weighted by Gasteiger charge is -2.14. The molecule has 0 saturated carbocycles. The van der Waals surface area contributed by atoms with E-state index >= 15 is 0 Å². The summed E-state index contributed by atoms with van der Waals surface area (Å²) in [6, 6.07) is 4.49. The monoisotopic (exact) mass is 324 g/mol. The molecule has 0 N–H and O–H groups in total. The number of unbranched alkanes of at least 4 members (excludes halogenated alkanes) is 2. The van der Waals surface area contributed by atoms with E-state index < -0.39 is 0 Å². The van der Waals surface area contributed by atoms with Crippen molar-refractivity contribution in [2.45, 2.75) is 79.1 Å². The molecule has 0 amide bonds. The molecule has 0 aromatic carbocycles. The maximum absolute atomic E-state index is 5.00. The summed E-state index contributed by atoms with van der Waals surface area (Å²) in [6.45, 7) is 8.93. The normalized spacial score (nSPS) is 11.0. The zero-order chi connectivity index (χ0) is 17.4. The fourth-order valence-electron chi connectivity index (χ4n) is 3.33. The number of rotatable bonds is 9. The summed E-state index contributed by atoms with van der Waals surface area (Å²) in [5.41, 5.74) is 7.80. The van der Waals surface area contributed by atoms with Gasteiger partial charge in [0.2, 0.25) is 0 Å². The number of nitrogens with zero attached hydrogens (tertiary/aromatic N) is 2. The van der Waals surface area contributed by atoms with Crippen LogP contribution in [0.2, 0.25) is 0 Å². The summed E-state index contributed by atoms with van der Waals surface area (Å²) >= 11 is 0. The molecule has 0 atom stereocenters. The van der Waals surface area contributed by atoms with Crippen molar-refractivity contribution >= 4 is 0 Å². The average Bonchev–Trinajstić information content (AvgIpc) is 2.64. The van der Waals surface area contributed by atoms with Crippen molar-refractivity contribution in [3.8, 4) is 11.3 Å². The van der Waals surface area contributed by atoms with Crippen molar-refractivity contribution in [1.82, 2.24) is 9.97 Å². The van der Waals surface area contributed by atoms with Crippen LogP contribution in [0.4, 0.5) is 0 Å². The fourth-order valence-corrected chi connectivity index (χ4v) is 3.33. The molecule has 0 saturated heterocycles. The second-order valence-electron chi connectivity index (χ2n) is 6.54. The number of hydrogen-bond donors (Lipinski definition) is 0. The first-order valence-electron chi connectivity index (χ1n) is 9.69. The first kappa shape index (κ1) is 18.6. The Morgan fingerprint density at radius 1 is 0.792 bits per heavy atom. The lowest BCUT2D eigenvalue weighted by Crippen LogP contribution is -2.02. The highest BCUT2D eigenvalue weighted by Gasteiger charge is 2.12. The minimum Gasteiger partial charge on any atom is -0.264 e. The van der Waals surface area contributed by atoms with Crippen molar-refractivity contribution in [2.75, 3.05) is 0 Å². The standard InChI is InChI=1S/C22H32N2/c1-5-9-11-17-13-14-22(24-21(17)8-4)20-16-23-15-18(12-10-6-2)19(20)7-3/h13-16H,5-12H2,1-4H3. The number of aromatic nitrogens is 2. The van der Waals surface area contributed by atoms with Crippen LogP contribution >= 0.6 is 0 Å². The Morgan fingerprint density at radius 3 is 2.12 bits per heavy atom. The quantitative estimate of drug-likeness (QED) is 0.569. The lowest BCUT2D eigenvalue weighted by molar-refractivity contribution is 0.779. The Morgan fingerprint density at radius 2 is 1.50 bits per heavy atom. The van der Waals surface area contributed by atoms with E-state index in [2.05, 4.69) is 44.8 Å². The van der Waals surface area contributed by atoms with Gasteiger partial charge < -0.3 is 0 Å². The van der Waals surface area contributed by atoms with E-state index in [-0.39, 0.29) is 0 Å². The third kappa shape index (κ3) is 4.43. The number of hydrogen-bond acceptors (Lipinski definition) is 2. The van der Waals surface area contributed by atoms with Gasteiger partial charge in [-0.1, -0.05) is 46.6 Å². The number of aryl methyl sites for hydroxylation is 3. The maximum atomic E-state index is 5.00. The predicted octanol–water partition coefficient (Wildman–Crippen LogP) is 5.95. The van der Waals surface area contributed by atoms with Crippen LogP contribution in [-0.4, -0.2) is 9.97 Å². The van der Waals surface area contributed by atoms with Gasteiger partial charge in [0.25, 0.3) is 0 Å². The first-order chi connectivity index (χ1) is 11.7. The summed E-state index contributed by atoms with van der Waals surface area (Å²) in [5.74, 6) is 0. The predicted molar refractivity (Wildman–Crippen MR) is 103 cm³/mol. The molecule has 0 bridgehead atoms. The highest BCUT2D eigenvalue weighted by Crippen LogP contribution is 2.27. The molecule has 2 rings (SSSR count). The topological polar surface area (TPSA) is 25.8 Å². The van der Waals surface area contributed by atoms with Crippen LogP contribution in [-0.2, 0) is 25.7 Å². The highest BCUT2D eigenvalue weighted by atomic mass is 14.7. The molecule has 0 spiro atoms. The van der Waals surface area contributed by atoms with Gasteiger partial charge in [0.05, 0.1) is 5.69 Å². The van der Waals surface area contributed by atoms with Crippen LogP contribution in [0.1, 0.15) is 75.8 Å². The molecule has 2 heteroatoms. The van der Waals surface area contributed by atoms with E-state index in [1.54, 1.807) is 0 Å². The summed E-state index contributed by atoms with van der Waals surface area (Å²) in [5, 5.41) is 0. The number of pyridine rings is 2. The minimum atomic E-state index is 0.997. The van der Waals surface area contributed by atoms with Gasteiger partial charge in [0, 0.05) is 23.7 Å². The molecule has 0 aliphatic rings. The third-order valence-electron chi connectivity index (χ3n) is 4.78. The van der Waals surface area contributed by atoms with Gasteiger partial charge in [-0.2, -0.15) is 0 Å². The van der Waals surface area contributed by atoms with E-state index in [1.165, 1.54) is 53.6 Å². The van der Waals surface area contributed by atoms with Crippen molar-refractivity contribution in [3.05, 3.63) is 46.9 Å². The minimum absolute atomic E-state index is 0.997. The second kappa shape index (κ2) is 9.56. The highest BCUT2D eigenvalue weighted by molar-refractivity contribution is 5.64. The maximum Gasteiger partial charge on any atom is 0.0723 e. The fraction of sp³-hybridized carbons (Fsp3) is 0.545. The Kier molecular flexibility index (Phi) is 7.42. The van der Waals surface area contributed by atoms with E-state index in [1.807, 2.05) is 12.4 Å². The molecule has 24 heavy (non-hydrogen) atoms. The van der Waals surface area contributed by atoms with Crippen molar-refractivity contribution in [2.24, 2.45) is 0 Å². The van der Waals surface area contributed by atoms with E-state index in [9.17, 15) is 0 Å². The Balaban J connectivity index is 2.40. The molecule has 0 radical (unpaired) electrons. The molecule has 0 aliphatic heterocycles. The molecule has 0 aliphatic carbocycles. The van der Waals surface area contributed by atoms with Crippen LogP contribution in [0.5, 0.6) is 0 Å². The van der Waals surface area contributed by atoms with Crippen molar-refractivity contribution in [1.29, 1.82) is 0 Å². The SMILES string of the molecule is CCCCc1ccc(-c2cncc(CCCC)c2CC)nc1CC. The summed E-state index contributed by atoms with van der Waals surface area (Å²) in [7, 11) is 0. The smallest absolute Gasteiger partial charge is 0.0723 e. The molecule has 2 aromatic rings. The van der Waals surface area contributed by atoms with Crippen molar-refractivity contribution < 1.29 is 0 Å². The van der Waals surface area contributed by atoms with Crippen LogP contribution in [0, 0.1) is 0 Å². The molecule has 2 aromatic heterocycles. The Bertz CT molecular complexity index is 646. The van der Waals surface area contributed by atoms with Gasteiger partial charge in [-0.25, -0.2) is 0 Å². The van der Waals surface area contributed by atoms with Gasteiger partial charge >= 0.3 is 0 Å². The Hall–Kier alpha value is -1.70.